The SMILES string of the molecule is O=S1(=O)CCC(C23CNC(C2)C3)CC1. The molecule has 80 valence electrons. The van der Waals surface area contributed by atoms with Crippen LogP contribution in [-0.4, -0.2) is 32.5 Å². The van der Waals surface area contributed by atoms with E-state index in [1.165, 1.54) is 12.8 Å². The van der Waals surface area contributed by atoms with Crippen molar-refractivity contribution in [2.75, 3.05) is 18.1 Å². The quantitative estimate of drug-likeness (QED) is 0.695. The number of hydrogen-bond acceptors (Lipinski definition) is 3. The van der Waals surface area contributed by atoms with Crippen LogP contribution in [0, 0.1) is 11.3 Å². The van der Waals surface area contributed by atoms with Crippen LogP contribution in [0.25, 0.3) is 0 Å². The van der Waals surface area contributed by atoms with Crippen LogP contribution in [0.15, 0.2) is 0 Å². The lowest BCUT2D eigenvalue weighted by Gasteiger charge is -2.45. The summed E-state index contributed by atoms with van der Waals surface area (Å²) in [5.41, 5.74) is 0.501. The Morgan fingerprint density at radius 3 is 2.29 bits per heavy atom. The van der Waals surface area contributed by atoms with Crippen LogP contribution in [0.1, 0.15) is 25.7 Å². The molecule has 4 rings (SSSR count). The Balaban J connectivity index is 1.71. The maximum absolute atomic E-state index is 11.3. The minimum Gasteiger partial charge on any atom is -0.313 e. The zero-order chi connectivity index (χ0) is 9.81. The molecular weight excluding hydrogens is 198 g/mol. The fourth-order valence-corrected chi connectivity index (χ4v) is 5.03. The smallest absolute Gasteiger partial charge is 0.150 e. The summed E-state index contributed by atoms with van der Waals surface area (Å²) < 4.78 is 22.6. The average molecular weight is 215 g/mol. The maximum Gasteiger partial charge on any atom is 0.150 e. The van der Waals surface area contributed by atoms with Gasteiger partial charge in [0.2, 0.25) is 0 Å². The van der Waals surface area contributed by atoms with E-state index >= 15 is 0 Å². The summed E-state index contributed by atoms with van der Waals surface area (Å²) in [7, 11) is -2.68. The lowest BCUT2D eigenvalue weighted by molar-refractivity contribution is 0.0928. The highest BCUT2D eigenvalue weighted by Gasteiger charge is 2.54. The van der Waals surface area contributed by atoms with Gasteiger partial charge in [-0.2, -0.15) is 0 Å². The van der Waals surface area contributed by atoms with Gasteiger partial charge in [-0.1, -0.05) is 0 Å². The Bertz CT molecular complexity index is 324. The second-order valence-electron chi connectivity index (χ2n) is 5.27. The van der Waals surface area contributed by atoms with Crippen LogP contribution in [0.5, 0.6) is 0 Å². The van der Waals surface area contributed by atoms with Gasteiger partial charge in [0, 0.05) is 12.6 Å². The van der Waals surface area contributed by atoms with Crippen molar-refractivity contribution in [3.8, 4) is 0 Å². The van der Waals surface area contributed by atoms with Crippen LogP contribution in [-0.2, 0) is 9.84 Å². The molecule has 14 heavy (non-hydrogen) atoms. The van der Waals surface area contributed by atoms with Crippen molar-refractivity contribution in [3.05, 3.63) is 0 Å². The summed E-state index contributed by atoms with van der Waals surface area (Å²) in [4.78, 5) is 0. The summed E-state index contributed by atoms with van der Waals surface area (Å²) in [6.45, 7) is 1.14. The van der Waals surface area contributed by atoms with E-state index in [1.807, 2.05) is 0 Å². The predicted molar refractivity (Wildman–Crippen MR) is 54.8 cm³/mol. The molecule has 4 aliphatic rings. The largest absolute Gasteiger partial charge is 0.313 e. The van der Waals surface area contributed by atoms with E-state index in [-0.39, 0.29) is 0 Å². The van der Waals surface area contributed by atoms with Crippen molar-refractivity contribution in [1.29, 1.82) is 0 Å². The van der Waals surface area contributed by atoms with Gasteiger partial charge >= 0.3 is 0 Å². The molecule has 0 aromatic carbocycles. The summed E-state index contributed by atoms with van der Waals surface area (Å²) in [5.74, 6) is 1.55. The molecule has 2 bridgehead atoms. The van der Waals surface area contributed by atoms with E-state index in [0.29, 0.717) is 22.8 Å². The molecule has 0 amide bonds. The minimum atomic E-state index is -2.68. The van der Waals surface area contributed by atoms with Gasteiger partial charge in [0.05, 0.1) is 11.5 Å². The van der Waals surface area contributed by atoms with Crippen LogP contribution < -0.4 is 5.32 Å². The third-order valence-electron chi connectivity index (χ3n) is 4.47. The van der Waals surface area contributed by atoms with Gasteiger partial charge in [0.1, 0.15) is 9.84 Å². The molecule has 3 nitrogen and oxygen atoms in total. The lowest BCUT2D eigenvalue weighted by atomic mass is 9.61. The van der Waals surface area contributed by atoms with Crippen LogP contribution in [0.4, 0.5) is 0 Å². The molecule has 0 atom stereocenters. The second-order valence-corrected chi connectivity index (χ2v) is 7.58. The van der Waals surface area contributed by atoms with Crippen molar-refractivity contribution < 1.29 is 8.42 Å². The number of nitrogens with one attached hydrogen (secondary N) is 1. The van der Waals surface area contributed by atoms with Gasteiger partial charge in [-0.05, 0) is 37.0 Å². The first-order valence-corrected chi connectivity index (χ1v) is 7.36. The van der Waals surface area contributed by atoms with Crippen molar-refractivity contribution in [2.24, 2.45) is 11.3 Å². The molecule has 0 aromatic heterocycles. The number of rotatable bonds is 1. The fourth-order valence-electron chi connectivity index (χ4n) is 3.54. The zero-order valence-electron chi connectivity index (χ0n) is 8.33. The highest BCUT2D eigenvalue weighted by atomic mass is 32.2. The minimum absolute atomic E-state index is 0.435. The number of sulfone groups is 1. The van der Waals surface area contributed by atoms with Crippen molar-refractivity contribution in [2.45, 2.75) is 31.7 Å². The fraction of sp³-hybridized carbons (Fsp3) is 1.00. The molecule has 0 spiro atoms. The maximum atomic E-state index is 11.3. The molecule has 1 saturated carbocycles. The molecule has 4 fully saturated rings. The van der Waals surface area contributed by atoms with E-state index in [4.69, 9.17) is 0 Å². The van der Waals surface area contributed by atoms with E-state index < -0.39 is 9.84 Å². The molecule has 1 aliphatic carbocycles. The van der Waals surface area contributed by atoms with E-state index in [1.54, 1.807) is 0 Å². The first kappa shape index (κ1) is 9.16. The normalized spacial score (nSPS) is 46.1. The molecule has 0 radical (unpaired) electrons. The standard InChI is InChI=1S/C10H17NO2S/c12-14(13)3-1-8(2-4-14)10-5-9(6-10)11-7-10/h8-9,11H,1-7H2. The number of hydrogen-bond donors (Lipinski definition) is 1. The molecular formula is C10H17NO2S. The molecule has 4 heteroatoms. The van der Waals surface area contributed by atoms with Crippen molar-refractivity contribution in [3.63, 3.8) is 0 Å². The van der Waals surface area contributed by atoms with Crippen molar-refractivity contribution >= 4 is 9.84 Å². The molecule has 3 saturated heterocycles. The third-order valence-corrected chi connectivity index (χ3v) is 6.18. The Morgan fingerprint density at radius 1 is 1.14 bits per heavy atom. The number of fused-ring (bicyclic) bond motifs is 1. The predicted octanol–water partition coefficient (Wildman–Crippen LogP) is 0.563. The summed E-state index contributed by atoms with van der Waals surface area (Å²) in [5, 5.41) is 3.50. The highest BCUT2D eigenvalue weighted by Crippen LogP contribution is 2.54. The molecule has 0 aromatic rings. The molecule has 3 heterocycles. The van der Waals surface area contributed by atoms with Crippen molar-refractivity contribution in [1.82, 2.24) is 5.32 Å². The Morgan fingerprint density at radius 2 is 1.79 bits per heavy atom. The van der Waals surface area contributed by atoms with E-state index in [2.05, 4.69) is 5.32 Å². The summed E-state index contributed by atoms with van der Waals surface area (Å²) in [6, 6.07) is 0.758. The second kappa shape index (κ2) is 2.73. The van der Waals surface area contributed by atoms with Gasteiger partial charge in [0.25, 0.3) is 0 Å². The van der Waals surface area contributed by atoms with Gasteiger partial charge in [-0.25, -0.2) is 8.42 Å². The van der Waals surface area contributed by atoms with Crippen LogP contribution in [0.3, 0.4) is 0 Å². The van der Waals surface area contributed by atoms with E-state index in [9.17, 15) is 8.42 Å². The van der Waals surface area contributed by atoms with Crippen LogP contribution in [0.2, 0.25) is 0 Å². The lowest BCUT2D eigenvalue weighted by Crippen LogP contribution is -2.43. The van der Waals surface area contributed by atoms with Gasteiger partial charge < -0.3 is 5.32 Å². The molecule has 0 unspecified atom stereocenters. The first-order valence-electron chi connectivity index (χ1n) is 5.54. The summed E-state index contributed by atoms with van der Waals surface area (Å²) >= 11 is 0. The average Bonchev–Trinajstić information content (AvgIpc) is 2.61. The van der Waals surface area contributed by atoms with Crippen LogP contribution >= 0.6 is 0 Å². The Labute approximate surface area is 85.2 Å². The van der Waals surface area contributed by atoms with E-state index in [0.717, 1.165) is 25.4 Å². The topological polar surface area (TPSA) is 46.2 Å². The molecule has 3 aliphatic heterocycles. The Hall–Kier alpha value is -0.0900. The third kappa shape index (κ3) is 1.23. The van der Waals surface area contributed by atoms with Gasteiger partial charge in [-0.15, -0.1) is 0 Å². The van der Waals surface area contributed by atoms with Gasteiger partial charge in [0.15, 0.2) is 0 Å². The molecule has 1 N–H and O–H groups in total. The Kier molecular flexibility index (Phi) is 1.78. The highest BCUT2D eigenvalue weighted by molar-refractivity contribution is 7.91. The zero-order valence-corrected chi connectivity index (χ0v) is 9.15. The monoisotopic (exact) mass is 215 g/mol. The first-order chi connectivity index (χ1) is 6.60. The van der Waals surface area contributed by atoms with Gasteiger partial charge in [-0.3, -0.25) is 0 Å². The summed E-state index contributed by atoms with van der Waals surface area (Å²) in [6.07, 6.45) is 4.43.